The molecule has 0 spiro atoms. The summed E-state index contributed by atoms with van der Waals surface area (Å²) in [7, 11) is 0. The maximum atomic E-state index is 13.9. The average Bonchev–Trinajstić information content (AvgIpc) is 2.72. The number of hydrogen-bond donors (Lipinski definition) is 0. The monoisotopic (exact) mass is 421 g/mol. The molecule has 1 fully saturated rings. The highest BCUT2D eigenvalue weighted by molar-refractivity contribution is 6.31. The molecule has 29 heavy (non-hydrogen) atoms. The molecule has 0 unspecified atom stereocenters. The van der Waals surface area contributed by atoms with Crippen LogP contribution in [0.25, 0.3) is 0 Å². The number of nitro groups is 1. The smallest absolute Gasteiger partial charge is 0.345 e. The van der Waals surface area contributed by atoms with Crippen LogP contribution in [0.2, 0.25) is 5.02 Å². The Kier molecular flexibility index (Phi) is 6.28. The zero-order valence-corrected chi connectivity index (χ0v) is 16.0. The third-order valence-corrected chi connectivity index (χ3v) is 4.76. The van der Waals surface area contributed by atoms with Crippen LogP contribution in [0, 0.1) is 15.9 Å². The molecule has 152 valence electrons. The fraction of sp³-hybridized carbons (Fsp3) is 0.263. The molecule has 0 N–H and O–H groups in total. The van der Waals surface area contributed by atoms with Gasteiger partial charge in [-0.1, -0.05) is 23.7 Å². The lowest BCUT2D eigenvalue weighted by Gasteiger charge is -2.36. The molecular formula is C19H17ClFN3O5. The molecule has 0 radical (unpaired) electrons. The van der Waals surface area contributed by atoms with Gasteiger partial charge in [0.25, 0.3) is 11.6 Å². The standard InChI is InChI=1S/C19H17ClFN3O5/c20-13-5-6-14(17(11-13)24(27)28)19(26)29-12-18(25)23-9-7-22(8-10-23)16-4-2-1-3-15(16)21/h1-6,11H,7-10,12H2. The molecule has 8 nitrogen and oxygen atoms in total. The zero-order chi connectivity index (χ0) is 21.0. The van der Waals surface area contributed by atoms with Gasteiger partial charge in [-0.15, -0.1) is 0 Å². The van der Waals surface area contributed by atoms with Crippen molar-refractivity contribution in [3.05, 3.63) is 69.0 Å². The van der Waals surface area contributed by atoms with Gasteiger partial charge in [-0.3, -0.25) is 14.9 Å². The molecule has 0 aromatic heterocycles. The van der Waals surface area contributed by atoms with E-state index >= 15 is 0 Å². The number of carbonyl (C=O) groups is 2. The topological polar surface area (TPSA) is 93.0 Å². The van der Waals surface area contributed by atoms with Crippen molar-refractivity contribution in [2.45, 2.75) is 0 Å². The van der Waals surface area contributed by atoms with Crippen molar-refractivity contribution in [2.75, 3.05) is 37.7 Å². The van der Waals surface area contributed by atoms with E-state index in [1.165, 1.54) is 23.1 Å². The summed E-state index contributed by atoms with van der Waals surface area (Å²) in [6.45, 7) is 1.00. The van der Waals surface area contributed by atoms with Crippen molar-refractivity contribution in [2.24, 2.45) is 0 Å². The van der Waals surface area contributed by atoms with E-state index in [0.717, 1.165) is 6.07 Å². The van der Waals surface area contributed by atoms with Crippen molar-refractivity contribution >= 4 is 34.9 Å². The van der Waals surface area contributed by atoms with E-state index in [9.17, 15) is 24.1 Å². The summed E-state index contributed by atoms with van der Waals surface area (Å²) in [5.74, 6) is -1.74. The van der Waals surface area contributed by atoms with Crippen LogP contribution >= 0.6 is 11.6 Å². The highest BCUT2D eigenvalue weighted by Crippen LogP contribution is 2.24. The van der Waals surface area contributed by atoms with Gasteiger partial charge in [-0.2, -0.15) is 0 Å². The summed E-state index contributed by atoms with van der Waals surface area (Å²) in [6, 6.07) is 9.95. The normalized spacial score (nSPS) is 13.9. The van der Waals surface area contributed by atoms with Crippen molar-refractivity contribution in [3.8, 4) is 0 Å². The second-order valence-corrected chi connectivity index (χ2v) is 6.75. The summed E-state index contributed by atoms with van der Waals surface area (Å²) < 4.78 is 18.8. The van der Waals surface area contributed by atoms with Crippen LogP contribution in [0.5, 0.6) is 0 Å². The number of nitro benzene ring substituents is 1. The Balaban J connectivity index is 1.55. The molecular weight excluding hydrogens is 405 g/mol. The van der Waals surface area contributed by atoms with E-state index in [-0.39, 0.29) is 16.4 Å². The summed E-state index contributed by atoms with van der Waals surface area (Å²) in [5.41, 5.74) is -0.300. The van der Waals surface area contributed by atoms with Crippen molar-refractivity contribution in [3.63, 3.8) is 0 Å². The third kappa shape index (κ3) is 4.80. The minimum Gasteiger partial charge on any atom is -0.452 e. The van der Waals surface area contributed by atoms with Crippen molar-refractivity contribution in [1.29, 1.82) is 0 Å². The fourth-order valence-electron chi connectivity index (χ4n) is 3.03. The van der Waals surface area contributed by atoms with Gasteiger partial charge in [0.1, 0.15) is 11.4 Å². The van der Waals surface area contributed by atoms with Gasteiger partial charge in [0.05, 0.1) is 10.6 Å². The van der Waals surface area contributed by atoms with Gasteiger partial charge in [0, 0.05) is 37.3 Å². The maximum absolute atomic E-state index is 13.9. The quantitative estimate of drug-likeness (QED) is 0.418. The Morgan fingerprint density at radius 1 is 1.14 bits per heavy atom. The van der Waals surface area contributed by atoms with Crippen LogP contribution in [-0.4, -0.2) is 54.5 Å². The number of ether oxygens (including phenoxy) is 1. The molecule has 0 atom stereocenters. The van der Waals surface area contributed by atoms with Crippen LogP contribution < -0.4 is 4.90 Å². The first kappa shape index (κ1) is 20.5. The lowest BCUT2D eigenvalue weighted by atomic mass is 10.2. The van der Waals surface area contributed by atoms with Gasteiger partial charge in [-0.05, 0) is 24.3 Å². The predicted octanol–water partition coefficient (Wildman–Crippen LogP) is 2.89. The highest BCUT2D eigenvalue weighted by atomic mass is 35.5. The first-order valence-corrected chi connectivity index (χ1v) is 9.13. The van der Waals surface area contributed by atoms with E-state index in [0.29, 0.717) is 31.9 Å². The number of rotatable bonds is 5. The fourth-order valence-corrected chi connectivity index (χ4v) is 3.20. The van der Waals surface area contributed by atoms with Crippen LogP contribution in [0.15, 0.2) is 42.5 Å². The zero-order valence-electron chi connectivity index (χ0n) is 15.2. The Bertz CT molecular complexity index is 947. The van der Waals surface area contributed by atoms with Gasteiger partial charge in [0.2, 0.25) is 0 Å². The molecule has 10 heteroatoms. The number of para-hydroxylation sites is 1. The van der Waals surface area contributed by atoms with Gasteiger partial charge in [0.15, 0.2) is 6.61 Å². The molecule has 0 aliphatic carbocycles. The lowest BCUT2D eigenvalue weighted by molar-refractivity contribution is -0.385. The third-order valence-electron chi connectivity index (χ3n) is 4.53. The minimum atomic E-state index is -0.980. The lowest BCUT2D eigenvalue weighted by Crippen LogP contribution is -2.50. The summed E-state index contributed by atoms with van der Waals surface area (Å²) in [4.78, 5) is 38.1. The first-order valence-electron chi connectivity index (χ1n) is 8.75. The number of carbonyl (C=O) groups excluding carboxylic acids is 2. The molecule has 1 heterocycles. The van der Waals surface area contributed by atoms with Crippen molar-refractivity contribution < 1.29 is 23.6 Å². The van der Waals surface area contributed by atoms with Gasteiger partial charge >= 0.3 is 5.97 Å². The van der Waals surface area contributed by atoms with Crippen LogP contribution in [0.3, 0.4) is 0 Å². The predicted molar refractivity (Wildman–Crippen MR) is 104 cm³/mol. The molecule has 1 saturated heterocycles. The molecule has 1 amide bonds. The molecule has 0 saturated carbocycles. The number of piperazine rings is 1. The Hall–Kier alpha value is -3.20. The largest absolute Gasteiger partial charge is 0.452 e. The SMILES string of the molecule is O=C(OCC(=O)N1CCN(c2ccccc2F)CC1)c1ccc(Cl)cc1[N+](=O)[O-]. The van der Waals surface area contributed by atoms with E-state index in [4.69, 9.17) is 16.3 Å². The second-order valence-electron chi connectivity index (χ2n) is 6.31. The first-order chi connectivity index (χ1) is 13.9. The summed E-state index contributed by atoms with van der Waals surface area (Å²) in [5, 5.41) is 11.2. The van der Waals surface area contributed by atoms with E-state index < -0.39 is 29.1 Å². The molecule has 2 aromatic rings. The summed E-state index contributed by atoms with van der Waals surface area (Å²) >= 11 is 5.72. The Labute approximate surface area is 170 Å². The number of anilines is 1. The number of esters is 1. The maximum Gasteiger partial charge on any atom is 0.345 e. The average molecular weight is 422 g/mol. The summed E-state index contributed by atoms with van der Waals surface area (Å²) in [6.07, 6.45) is 0. The van der Waals surface area contributed by atoms with Gasteiger partial charge < -0.3 is 14.5 Å². The van der Waals surface area contributed by atoms with Crippen LogP contribution in [0.1, 0.15) is 10.4 Å². The van der Waals surface area contributed by atoms with E-state index in [1.807, 2.05) is 4.90 Å². The number of benzene rings is 2. The number of nitrogens with zero attached hydrogens (tertiary/aromatic N) is 3. The van der Waals surface area contributed by atoms with E-state index in [1.54, 1.807) is 18.2 Å². The second kappa shape index (κ2) is 8.87. The van der Waals surface area contributed by atoms with Gasteiger partial charge in [-0.25, -0.2) is 9.18 Å². The number of amides is 1. The van der Waals surface area contributed by atoms with Crippen LogP contribution in [-0.2, 0) is 9.53 Å². The highest BCUT2D eigenvalue weighted by Gasteiger charge is 2.26. The molecule has 0 bridgehead atoms. The van der Waals surface area contributed by atoms with E-state index in [2.05, 4.69) is 0 Å². The molecule has 1 aliphatic heterocycles. The van der Waals surface area contributed by atoms with Crippen LogP contribution in [0.4, 0.5) is 15.8 Å². The Morgan fingerprint density at radius 3 is 2.48 bits per heavy atom. The molecule has 3 rings (SSSR count). The number of hydrogen-bond acceptors (Lipinski definition) is 6. The molecule has 1 aliphatic rings. The number of halogens is 2. The Morgan fingerprint density at radius 2 is 1.83 bits per heavy atom. The molecule has 2 aromatic carbocycles. The van der Waals surface area contributed by atoms with Crippen molar-refractivity contribution in [1.82, 2.24) is 4.90 Å². The minimum absolute atomic E-state index is 0.108.